The Morgan fingerprint density at radius 1 is 1.23 bits per heavy atom. The molecule has 0 spiro atoms. The number of rotatable bonds is 2. The van der Waals surface area contributed by atoms with E-state index in [1.54, 1.807) is 4.90 Å². The second kappa shape index (κ2) is 6.16. The number of hydrogen-bond acceptors (Lipinski definition) is 2. The largest absolute Gasteiger partial charge is 0.369 e. The van der Waals surface area contributed by atoms with Crippen molar-refractivity contribution in [3.05, 3.63) is 34.3 Å². The average molecular weight is 322 g/mol. The van der Waals surface area contributed by atoms with Gasteiger partial charge in [-0.2, -0.15) is 0 Å². The van der Waals surface area contributed by atoms with E-state index in [1.807, 2.05) is 18.2 Å². The van der Waals surface area contributed by atoms with Crippen molar-refractivity contribution in [2.24, 2.45) is 11.7 Å². The van der Waals surface area contributed by atoms with Crippen molar-refractivity contribution in [2.45, 2.75) is 31.7 Å². The molecule has 1 unspecified atom stereocenters. The predicted octanol–water partition coefficient (Wildman–Crippen LogP) is 2.23. The summed E-state index contributed by atoms with van der Waals surface area (Å²) in [7, 11) is 0. The number of carbonyl (C=O) groups is 2. The van der Waals surface area contributed by atoms with Gasteiger partial charge in [0.2, 0.25) is 5.91 Å². The van der Waals surface area contributed by atoms with Gasteiger partial charge in [0.25, 0.3) is 0 Å². The summed E-state index contributed by atoms with van der Waals surface area (Å²) in [6.07, 6.45) is 3.14. The minimum absolute atomic E-state index is 0.0497. The number of primary amides is 1. The summed E-state index contributed by atoms with van der Waals surface area (Å²) < 4.78 is 0. The lowest BCUT2D eigenvalue weighted by atomic mass is 9.96. The van der Waals surface area contributed by atoms with Crippen LogP contribution < -0.4 is 11.1 Å². The Kier molecular flexibility index (Phi) is 4.25. The molecule has 1 atom stereocenters. The van der Waals surface area contributed by atoms with Gasteiger partial charge in [0, 0.05) is 24.0 Å². The number of amides is 3. The molecule has 1 aliphatic heterocycles. The van der Waals surface area contributed by atoms with Gasteiger partial charge in [-0.25, -0.2) is 4.79 Å². The molecule has 1 saturated heterocycles. The van der Waals surface area contributed by atoms with Gasteiger partial charge in [-0.15, -0.1) is 0 Å². The zero-order valence-corrected chi connectivity index (χ0v) is 13.1. The van der Waals surface area contributed by atoms with Crippen LogP contribution in [0.1, 0.15) is 36.4 Å². The third kappa shape index (κ3) is 3.04. The molecule has 0 bridgehead atoms. The first-order valence-electron chi connectivity index (χ1n) is 7.67. The van der Waals surface area contributed by atoms with Gasteiger partial charge in [-0.3, -0.25) is 4.79 Å². The molecule has 1 heterocycles. The second-order valence-electron chi connectivity index (χ2n) is 6.05. The number of nitrogens with two attached hydrogens (primary N) is 1. The van der Waals surface area contributed by atoms with Crippen molar-refractivity contribution in [1.29, 1.82) is 0 Å². The highest BCUT2D eigenvalue weighted by Gasteiger charge is 2.29. The van der Waals surface area contributed by atoms with Crippen molar-refractivity contribution in [3.63, 3.8) is 0 Å². The SMILES string of the molecule is NC(=O)C1CCN(C(=O)NC2CCc3cc(Cl)ccc32)CC1. The van der Waals surface area contributed by atoms with Crippen LogP contribution in [-0.2, 0) is 11.2 Å². The van der Waals surface area contributed by atoms with Gasteiger partial charge in [-0.1, -0.05) is 17.7 Å². The van der Waals surface area contributed by atoms with Crippen molar-refractivity contribution in [2.75, 3.05) is 13.1 Å². The molecule has 3 amide bonds. The van der Waals surface area contributed by atoms with Gasteiger partial charge in [0.1, 0.15) is 0 Å². The fourth-order valence-corrected chi connectivity index (χ4v) is 3.54. The normalized spacial score (nSPS) is 21.5. The van der Waals surface area contributed by atoms with E-state index in [0.717, 1.165) is 23.4 Å². The lowest BCUT2D eigenvalue weighted by molar-refractivity contribution is -0.123. The molecule has 0 radical (unpaired) electrons. The number of benzene rings is 1. The van der Waals surface area contributed by atoms with E-state index in [4.69, 9.17) is 17.3 Å². The average Bonchev–Trinajstić information content (AvgIpc) is 2.89. The third-order valence-electron chi connectivity index (χ3n) is 4.67. The van der Waals surface area contributed by atoms with Crippen LogP contribution in [0.3, 0.4) is 0 Å². The van der Waals surface area contributed by atoms with Crippen molar-refractivity contribution in [1.82, 2.24) is 10.2 Å². The summed E-state index contributed by atoms with van der Waals surface area (Å²) in [5.41, 5.74) is 7.69. The van der Waals surface area contributed by atoms with E-state index >= 15 is 0 Å². The second-order valence-corrected chi connectivity index (χ2v) is 6.48. The van der Waals surface area contributed by atoms with Gasteiger partial charge in [0.05, 0.1) is 6.04 Å². The van der Waals surface area contributed by atoms with Gasteiger partial charge < -0.3 is 16.0 Å². The number of fused-ring (bicyclic) bond motifs is 1. The highest BCUT2D eigenvalue weighted by Crippen LogP contribution is 2.33. The maximum atomic E-state index is 12.4. The molecule has 0 aromatic heterocycles. The molecule has 1 aromatic rings. The number of hydrogen-bond donors (Lipinski definition) is 2. The summed E-state index contributed by atoms with van der Waals surface area (Å²) in [4.78, 5) is 25.3. The molecule has 5 nitrogen and oxygen atoms in total. The van der Waals surface area contributed by atoms with E-state index in [1.165, 1.54) is 5.56 Å². The summed E-state index contributed by atoms with van der Waals surface area (Å²) >= 11 is 6.00. The lowest BCUT2D eigenvalue weighted by Gasteiger charge is -2.31. The number of piperidine rings is 1. The van der Waals surface area contributed by atoms with Crippen LogP contribution in [0.15, 0.2) is 18.2 Å². The van der Waals surface area contributed by atoms with Gasteiger partial charge in [-0.05, 0) is 48.9 Å². The highest BCUT2D eigenvalue weighted by atomic mass is 35.5. The zero-order chi connectivity index (χ0) is 15.7. The van der Waals surface area contributed by atoms with Crippen molar-refractivity contribution >= 4 is 23.5 Å². The summed E-state index contributed by atoms with van der Waals surface area (Å²) in [6.45, 7) is 1.17. The monoisotopic (exact) mass is 321 g/mol. The molecule has 2 aliphatic rings. The van der Waals surface area contributed by atoms with Crippen molar-refractivity contribution in [3.8, 4) is 0 Å². The molecule has 118 valence electrons. The molecule has 1 fully saturated rings. The molecule has 6 heteroatoms. The summed E-state index contributed by atoms with van der Waals surface area (Å²) in [6, 6.07) is 5.82. The topological polar surface area (TPSA) is 75.4 Å². The predicted molar refractivity (Wildman–Crippen MR) is 84.5 cm³/mol. The van der Waals surface area contributed by atoms with E-state index < -0.39 is 0 Å². The van der Waals surface area contributed by atoms with Crippen LogP contribution in [0.25, 0.3) is 0 Å². The molecule has 1 aromatic carbocycles. The summed E-state index contributed by atoms with van der Waals surface area (Å²) in [5, 5.41) is 3.83. The number of urea groups is 1. The molecular formula is C16H20ClN3O2. The Hall–Kier alpha value is -1.75. The fraction of sp³-hybridized carbons (Fsp3) is 0.500. The van der Waals surface area contributed by atoms with Crippen LogP contribution in [0.2, 0.25) is 5.02 Å². The fourth-order valence-electron chi connectivity index (χ4n) is 3.34. The minimum Gasteiger partial charge on any atom is -0.369 e. The Bertz CT molecular complexity index is 597. The Balaban J connectivity index is 1.59. The maximum absolute atomic E-state index is 12.4. The summed E-state index contributed by atoms with van der Waals surface area (Å²) in [5.74, 6) is -0.361. The smallest absolute Gasteiger partial charge is 0.317 e. The van der Waals surface area contributed by atoms with Crippen LogP contribution >= 0.6 is 11.6 Å². The van der Waals surface area contributed by atoms with E-state index in [-0.39, 0.29) is 23.9 Å². The first-order valence-corrected chi connectivity index (χ1v) is 8.05. The van der Waals surface area contributed by atoms with Crippen LogP contribution in [0.4, 0.5) is 4.79 Å². The van der Waals surface area contributed by atoms with Crippen LogP contribution in [0.5, 0.6) is 0 Å². The third-order valence-corrected chi connectivity index (χ3v) is 4.90. The molecule has 3 N–H and O–H groups in total. The first-order chi connectivity index (χ1) is 10.5. The van der Waals surface area contributed by atoms with E-state index in [0.29, 0.717) is 25.9 Å². The lowest BCUT2D eigenvalue weighted by Crippen LogP contribution is -2.46. The molecule has 0 saturated carbocycles. The first kappa shape index (κ1) is 15.2. The molecular weight excluding hydrogens is 302 g/mol. The molecule has 3 rings (SSSR count). The Morgan fingerprint density at radius 2 is 1.95 bits per heavy atom. The standard InChI is InChI=1S/C16H20ClN3O2/c17-12-2-3-13-11(9-12)1-4-14(13)19-16(22)20-7-5-10(6-8-20)15(18)21/h2-3,9-10,14H,1,4-8H2,(H2,18,21)(H,19,22). The Morgan fingerprint density at radius 3 is 2.64 bits per heavy atom. The van der Waals surface area contributed by atoms with Crippen LogP contribution in [-0.4, -0.2) is 29.9 Å². The van der Waals surface area contributed by atoms with Crippen molar-refractivity contribution < 1.29 is 9.59 Å². The number of nitrogens with one attached hydrogen (secondary N) is 1. The Labute approximate surface area is 134 Å². The molecule has 1 aliphatic carbocycles. The van der Waals surface area contributed by atoms with E-state index in [9.17, 15) is 9.59 Å². The van der Waals surface area contributed by atoms with Gasteiger partial charge >= 0.3 is 6.03 Å². The molecule has 22 heavy (non-hydrogen) atoms. The maximum Gasteiger partial charge on any atom is 0.317 e. The number of aryl methyl sites for hydroxylation is 1. The number of likely N-dealkylation sites (tertiary alicyclic amines) is 1. The quantitative estimate of drug-likeness (QED) is 0.876. The minimum atomic E-state index is -0.262. The number of nitrogens with zero attached hydrogens (tertiary/aromatic N) is 1. The number of halogens is 1. The highest BCUT2D eigenvalue weighted by molar-refractivity contribution is 6.30. The zero-order valence-electron chi connectivity index (χ0n) is 12.3. The van der Waals surface area contributed by atoms with Crippen LogP contribution in [0, 0.1) is 5.92 Å². The van der Waals surface area contributed by atoms with E-state index in [2.05, 4.69) is 5.32 Å². The number of carbonyl (C=O) groups excluding carboxylic acids is 2. The van der Waals surface area contributed by atoms with Gasteiger partial charge in [0.15, 0.2) is 0 Å².